The third-order valence-corrected chi connectivity index (χ3v) is 5.39. The van der Waals surface area contributed by atoms with Crippen molar-refractivity contribution in [3.8, 4) is 23.0 Å². The average molecular weight is 377 g/mol. The van der Waals surface area contributed by atoms with Gasteiger partial charge < -0.3 is 9.47 Å². The summed E-state index contributed by atoms with van der Waals surface area (Å²) >= 11 is 0. The molecule has 0 fully saturated rings. The summed E-state index contributed by atoms with van der Waals surface area (Å²) in [6.45, 7) is 0. The van der Waals surface area contributed by atoms with Gasteiger partial charge in [0.2, 0.25) is 0 Å². The van der Waals surface area contributed by atoms with Gasteiger partial charge in [-0.25, -0.2) is 0 Å². The molecule has 0 N–H and O–H groups in total. The van der Waals surface area contributed by atoms with Crippen LogP contribution in [-0.4, -0.2) is 4.98 Å². The summed E-state index contributed by atoms with van der Waals surface area (Å²) in [5.74, 6) is 3.27. The van der Waals surface area contributed by atoms with E-state index in [2.05, 4.69) is 16.7 Å². The summed E-state index contributed by atoms with van der Waals surface area (Å²) in [4.78, 5) is 4.72. The van der Waals surface area contributed by atoms with Crippen LogP contribution >= 0.6 is 0 Å². The fourth-order valence-electron chi connectivity index (χ4n) is 4.15. The number of pyridine rings is 2. The first-order chi connectivity index (χ1) is 14.3. The van der Waals surface area contributed by atoms with Crippen molar-refractivity contribution in [3.63, 3.8) is 0 Å². The maximum absolute atomic E-state index is 6.25. The largest absolute Gasteiger partial charge is 0.454 e. The number of ether oxygens (including phenoxy) is 2. The van der Waals surface area contributed by atoms with Gasteiger partial charge in [0.1, 0.15) is 24.2 Å². The zero-order chi connectivity index (χ0) is 19.4. The Labute approximate surface area is 168 Å². The fraction of sp³-hybridized carbons (Fsp3) is 0.0400. The van der Waals surface area contributed by atoms with Crippen molar-refractivity contribution in [3.05, 3.63) is 108 Å². The van der Waals surface area contributed by atoms with Gasteiger partial charge in [0.05, 0.1) is 5.57 Å². The quantitative estimate of drug-likeness (QED) is 0.345. The Kier molecular flexibility index (Phi) is 3.35. The van der Waals surface area contributed by atoms with Gasteiger partial charge >= 0.3 is 0 Å². The summed E-state index contributed by atoms with van der Waals surface area (Å²) in [5, 5.41) is 0. The highest BCUT2D eigenvalue weighted by atomic mass is 16.5. The molecule has 2 aromatic heterocycles. The molecule has 0 saturated carbocycles. The van der Waals surface area contributed by atoms with Crippen LogP contribution in [0, 0.1) is 0 Å². The minimum atomic E-state index is 0.762. The van der Waals surface area contributed by atoms with Gasteiger partial charge in [-0.3, -0.25) is 4.98 Å². The van der Waals surface area contributed by atoms with E-state index in [1.54, 1.807) is 0 Å². The molecule has 0 aliphatic carbocycles. The molecule has 0 bridgehead atoms. The van der Waals surface area contributed by atoms with Gasteiger partial charge in [-0.15, -0.1) is 0 Å². The number of hydrogen-bond acceptors (Lipinski definition) is 3. The van der Waals surface area contributed by atoms with Crippen molar-refractivity contribution >= 4 is 11.1 Å². The molecule has 4 aromatic rings. The standard InChI is InChI=1S/C25H17N2O2/c1-27-15-7-13-21-25(27)23(17-9-3-5-11-19(17)29-21)22-16-8-2-4-10-18(16)28-20-12-6-14-26-24(20)22/h2-15H,1H3/q+1/b23-22+. The zero-order valence-electron chi connectivity index (χ0n) is 15.8. The first kappa shape index (κ1) is 16.1. The number of aromatic nitrogens is 2. The molecule has 0 amide bonds. The van der Waals surface area contributed by atoms with E-state index in [1.807, 2.05) is 80.1 Å². The molecule has 0 unspecified atom stereocenters. The lowest BCUT2D eigenvalue weighted by Crippen LogP contribution is -2.34. The van der Waals surface area contributed by atoms with Crippen LogP contribution in [0.15, 0.2) is 85.2 Å². The van der Waals surface area contributed by atoms with Gasteiger partial charge in [-0.1, -0.05) is 36.4 Å². The second kappa shape index (κ2) is 6.04. The number of para-hydroxylation sites is 2. The number of aryl methyl sites for hydroxylation is 1. The molecule has 4 heterocycles. The van der Waals surface area contributed by atoms with E-state index >= 15 is 0 Å². The van der Waals surface area contributed by atoms with Crippen LogP contribution in [0.1, 0.15) is 22.5 Å². The monoisotopic (exact) mass is 377 g/mol. The smallest absolute Gasteiger partial charge is 0.256 e. The molecule has 6 rings (SSSR count). The highest BCUT2D eigenvalue weighted by molar-refractivity contribution is 6.08. The Balaban J connectivity index is 1.82. The summed E-state index contributed by atoms with van der Waals surface area (Å²) < 4.78 is 14.5. The average Bonchev–Trinajstić information content (AvgIpc) is 2.76. The van der Waals surface area contributed by atoms with E-state index in [-0.39, 0.29) is 0 Å². The van der Waals surface area contributed by atoms with Gasteiger partial charge in [0.25, 0.3) is 5.69 Å². The van der Waals surface area contributed by atoms with E-state index in [4.69, 9.17) is 14.5 Å². The molecule has 2 aromatic carbocycles. The molecule has 29 heavy (non-hydrogen) atoms. The molecule has 138 valence electrons. The fourth-order valence-corrected chi connectivity index (χ4v) is 4.15. The first-order valence-electron chi connectivity index (χ1n) is 9.54. The van der Waals surface area contributed by atoms with Crippen molar-refractivity contribution in [2.75, 3.05) is 0 Å². The van der Waals surface area contributed by atoms with Crippen LogP contribution < -0.4 is 14.0 Å². The van der Waals surface area contributed by atoms with Crippen molar-refractivity contribution < 1.29 is 14.0 Å². The lowest BCUT2D eigenvalue weighted by Gasteiger charge is -2.27. The summed E-state index contributed by atoms with van der Waals surface area (Å²) in [6.07, 6.45) is 3.86. The minimum Gasteiger partial charge on any atom is -0.454 e. The Morgan fingerprint density at radius 3 is 2.07 bits per heavy atom. The molecule has 4 heteroatoms. The molecule has 0 spiro atoms. The van der Waals surface area contributed by atoms with Crippen LogP contribution in [0.2, 0.25) is 0 Å². The van der Waals surface area contributed by atoms with Crippen molar-refractivity contribution in [2.24, 2.45) is 7.05 Å². The maximum atomic E-state index is 6.25. The van der Waals surface area contributed by atoms with Crippen LogP contribution in [0.5, 0.6) is 23.0 Å². The van der Waals surface area contributed by atoms with E-state index in [0.717, 1.165) is 56.7 Å². The van der Waals surface area contributed by atoms with Crippen LogP contribution in [0.25, 0.3) is 11.1 Å². The van der Waals surface area contributed by atoms with Crippen molar-refractivity contribution in [2.45, 2.75) is 0 Å². The Hall–Kier alpha value is -3.92. The third-order valence-electron chi connectivity index (χ3n) is 5.39. The van der Waals surface area contributed by atoms with Gasteiger partial charge in [0.15, 0.2) is 17.7 Å². The van der Waals surface area contributed by atoms with E-state index < -0.39 is 0 Å². The predicted molar refractivity (Wildman–Crippen MR) is 110 cm³/mol. The van der Waals surface area contributed by atoms with E-state index in [1.165, 1.54) is 0 Å². The van der Waals surface area contributed by atoms with Gasteiger partial charge in [-0.2, -0.15) is 4.57 Å². The van der Waals surface area contributed by atoms with Crippen LogP contribution in [0.4, 0.5) is 0 Å². The maximum Gasteiger partial charge on any atom is 0.256 e. The normalized spacial score (nSPS) is 15.9. The number of benzene rings is 2. The topological polar surface area (TPSA) is 35.2 Å². The highest BCUT2D eigenvalue weighted by Gasteiger charge is 2.36. The number of nitrogens with zero attached hydrogens (tertiary/aromatic N) is 2. The molecule has 2 aliphatic rings. The Morgan fingerprint density at radius 1 is 0.655 bits per heavy atom. The molecule has 0 radical (unpaired) electrons. The predicted octanol–water partition coefficient (Wildman–Crippen LogP) is 5.12. The van der Waals surface area contributed by atoms with Crippen molar-refractivity contribution in [1.29, 1.82) is 0 Å². The molecule has 2 aliphatic heterocycles. The first-order valence-corrected chi connectivity index (χ1v) is 9.54. The molecular formula is C25H17N2O2+. The Bertz CT molecular complexity index is 1280. The molecule has 0 saturated heterocycles. The van der Waals surface area contributed by atoms with Crippen molar-refractivity contribution in [1.82, 2.24) is 4.98 Å². The molecular weight excluding hydrogens is 360 g/mol. The van der Waals surface area contributed by atoms with Gasteiger partial charge in [0, 0.05) is 29.0 Å². The number of hydrogen-bond donors (Lipinski definition) is 0. The summed E-state index contributed by atoms with van der Waals surface area (Å²) in [6, 6.07) is 24.2. The van der Waals surface area contributed by atoms with E-state index in [9.17, 15) is 0 Å². The molecule has 0 atom stereocenters. The van der Waals surface area contributed by atoms with Crippen LogP contribution in [0.3, 0.4) is 0 Å². The van der Waals surface area contributed by atoms with E-state index in [0.29, 0.717) is 0 Å². The second-order valence-electron chi connectivity index (χ2n) is 7.13. The molecule has 4 nitrogen and oxygen atoms in total. The second-order valence-corrected chi connectivity index (χ2v) is 7.13. The lowest BCUT2D eigenvalue weighted by molar-refractivity contribution is -0.674. The van der Waals surface area contributed by atoms with Gasteiger partial charge in [-0.05, 0) is 30.3 Å². The lowest BCUT2D eigenvalue weighted by atomic mass is 9.86. The highest BCUT2D eigenvalue weighted by Crippen LogP contribution is 2.51. The Morgan fingerprint density at radius 2 is 1.28 bits per heavy atom. The SMILES string of the molecule is C[n+]1cccc2c1/C(=C1\c3ccccc3Oc3cccnc31)c1ccccc1O2. The third kappa shape index (κ3) is 2.32. The number of fused-ring (bicyclic) bond motifs is 4. The number of rotatable bonds is 0. The minimum absolute atomic E-state index is 0.762. The zero-order valence-corrected chi connectivity index (χ0v) is 15.8. The summed E-state index contributed by atoms with van der Waals surface area (Å²) in [7, 11) is 2.04. The van der Waals surface area contributed by atoms with Crippen LogP contribution in [-0.2, 0) is 7.05 Å². The summed E-state index contributed by atoms with van der Waals surface area (Å²) in [5.41, 5.74) is 6.09.